The average molecular weight is 498 g/mol. The predicted molar refractivity (Wildman–Crippen MR) is 120 cm³/mol. The van der Waals surface area contributed by atoms with Gasteiger partial charge in [0.05, 0.1) is 25.2 Å². The molecule has 0 saturated carbocycles. The zero-order valence-corrected chi connectivity index (χ0v) is 19.7. The normalized spacial score (nSPS) is 21.4. The Morgan fingerprint density at radius 2 is 2.00 bits per heavy atom. The third kappa shape index (κ3) is 7.27. The Morgan fingerprint density at radius 3 is 2.60 bits per heavy atom. The number of anilines is 1. The number of hydrazine groups is 1. The molecule has 2 fully saturated rings. The van der Waals surface area contributed by atoms with Crippen LogP contribution in [0.3, 0.4) is 0 Å². The predicted octanol–water partition coefficient (Wildman–Crippen LogP) is 0.558. The summed E-state index contributed by atoms with van der Waals surface area (Å²) in [4.78, 5) is 32.3. The molecule has 1 aromatic heterocycles. The van der Waals surface area contributed by atoms with E-state index in [1.807, 2.05) is 16.4 Å². The van der Waals surface area contributed by atoms with Crippen molar-refractivity contribution in [1.29, 1.82) is 5.26 Å². The number of carbonyl (C=O) groups excluding carboxylic acids is 2. The maximum atomic E-state index is 13.3. The highest BCUT2D eigenvalue weighted by atomic mass is 19.4. The van der Waals surface area contributed by atoms with Gasteiger partial charge in [0.2, 0.25) is 11.8 Å². The molecule has 13 heteroatoms. The smallest absolute Gasteiger partial charge is 0.379 e. The quantitative estimate of drug-likeness (QED) is 0.446. The molecule has 2 aliphatic heterocycles. The van der Waals surface area contributed by atoms with E-state index in [-0.39, 0.29) is 32.1 Å². The van der Waals surface area contributed by atoms with Gasteiger partial charge in [-0.2, -0.15) is 18.4 Å². The van der Waals surface area contributed by atoms with Crippen molar-refractivity contribution in [3.63, 3.8) is 0 Å². The van der Waals surface area contributed by atoms with Crippen LogP contribution >= 0.6 is 0 Å². The van der Waals surface area contributed by atoms with Crippen LogP contribution in [0.5, 0.6) is 0 Å². The molecule has 2 unspecified atom stereocenters. The molecule has 192 valence electrons. The summed E-state index contributed by atoms with van der Waals surface area (Å²) in [5.41, 5.74) is 4.14. The van der Waals surface area contributed by atoms with Crippen molar-refractivity contribution >= 4 is 17.6 Å². The highest BCUT2D eigenvalue weighted by Gasteiger charge is 2.52. The van der Waals surface area contributed by atoms with Crippen LogP contribution in [-0.4, -0.2) is 85.4 Å². The van der Waals surface area contributed by atoms with Gasteiger partial charge in [0.25, 0.3) is 0 Å². The van der Waals surface area contributed by atoms with E-state index in [0.717, 1.165) is 5.82 Å². The lowest BCUT2D eigenvalue weighted by atomic mass is 9.93. The molecule has 2 saturated heterocycles. The van der Waals surface area contributed by atoms with Crippen LogP contribution in [0.25, 0.3) is 0 Å². The number of pyridine rings is 1. The number of rotatable bonds is 8. The Labute approximate surface area is 201 Å². The largest absolute Gasteiger partial charge is 0.402 e. The van der Waals surface area contributed by atoms with Crippen molar-refractivity contribution in [1.82, 2.24) is 26.1 Å². The van der Waals surface area contributed by atoms with Gasteiger partial charge in [0, 0.05) is 50.5 Å². The monoisotopic (exact) mass is 497 g/mol. The first-order valence-corrected chi connectivity index (χ1v) is 11.3. The number of aromatic nitrogens is 1. The molecule has 1 aromatic rings. The Bertz CT molecular complexity index is 926. The Balaban J connectivity index is 1.39. The zero-order valence-electron chi connectivity index (χ0n) is 19.7. The molecule has 3 N–H and O–H groups in total. The molecule has 0 aromatic carbocycles. The third-order valence-corrected chi connectivity index (χ3v) is 5.90. The fourth-order valence-corrected chi connectivity index (χ4v) is 4.15. The number of alkyl halides is 3. The Kier molecular flexibility index (Phi) is 8.52. The van der Waals surface area contributed by atoms with Gasteiger partial charge < -0.3 is 19.9 Å². The van der Waals surface area contributed by atoms with Crippen molar-refractivity contribution < 1.29 is 27.5 Å². The van der Waals surface area contributed by atoms with Crippen molar-refractivity contribution in [2.24, 2.45) is 5.92 Å². The lowest BCUT2D eigenvalue weighted by Gasteiger charge is -2.38. The molecule has 2 atom stereocenters. The number of amides is 2. The van der Waals surface area contributed by atoms with Crippen LogP contribution in [-0.2, 0) is 14.3 Å². The molecular weight excluding hydrogens is 467 g/mol. The van der Waals surface area contributed by atoms with Gasteiger partial charge in [-0.25, -0.2) is 10.4 Å². The summed E-state index contributed by atoms with van der Waals surface area (Å²) in [6, 6.07) is 4.37. The standard InChI is InChI=1S/C22H30F3N7O3/c1-21(2,29-16-13-28-30-20(34)19(16)22(23,24)25)14-35-10-5-18(33)32-8-6-31(7-9-32)17-4-3-15(11-26)12-27-17/h3-4,12,16,19,28-29H,5-10,13-14H2,1-2H3,(H,30,34). The molecule has 3 heterocycles. The number of nitriles is 1. The number of nitrogens with zero attached hydrogens (tertiary/aromatic N) is 4. The van der Waals surface area contributed by atoms with Crippen molar-refractivity contribution in [3.8, 4) is 6.07 Å². The second kappa shape index (κ2) is 11.2. The summed E-state index contributed by atoms with van der Waals surface area (Å²) in [6.45, 7) is 5.79. The second-order valence-corrected chi connectivity index (χ2v) is 9.21. The fourth-order valence-electron chi connectivity index (χ4n) is 4.15. The number of halogens is 3. The number of hydrogen-bond acceptors (Lipinski definition) is 8. The minimum absolute atomic E-state index is 0.0616. The average Bonchev–Trinajstić information content (AvgIpc) is 2.81. The summed E-state index contributed by atoms with van der Waals surface area (Å²) in [5, 5.41) is 11.7. The summed E-state index contributed by atoms with van der Waals surface area (Å²) < 4.78 is 45.6. The van der Waals surface area contributed by atoms with E-state index in [9.17, 15) is 22.8 Å². The summed E-state index contributed by atoms with van der Waals surface area (Å²) in [6.07, 6.45) is -3.00. The van der Waals surface area contributed by atoms with Gasteiger partial charge in [-0.15, -0.1) is 0 Å². The van der Waals surface area contributed by atoms with E-state index < -0.39 is 29.6 Å². The van der Waals surface area contributed by atoms with E-state index >= 15 is 0 Å². The molecule has 2 aliphatic rings. The van der Waals surface area contributed by atoms with Gasteiger partial charge >= 0.3 is 6.18 Å². The number of piperazine rings is 1. The molecule has 10 nitrogen and oxygen atoms in total. The van der Waals surface area contributed by atoms with E-state index in [4.69, 9.17) is 10.00 Å². The highest BCUT2D eigenvalue weighted by molar-refractivity contribution is 5.80. The Hall–Kier alpha value is -2.95. The van der Waals surface area contributed by atoms with Crippen LogP contribution in [0.4, 0.5) is 19.0 Å². The molecule has 0 spiro atoms. The van der Waals surface area contributed by atoms with Gasteiger partial charge in [-0.05, 0) is 26.0 Å². The van der Waals surface area contributed by atoms with Gasteiger partial charge in [0.1, 0.15) is 11.9 Å². The van der Waals surface area contributed by atoms with Gasteiger partial charge in [-0.1, -0.05) is 0 Å². The zero-order chi connectivity index (χ0) is 25.6. The number of carbonyl (C=O) groups is 2. The first-order chi connectivity index (χ1) is 16.5. The number of hydrogen-bond donors (Lipinski definition) is 3. The topological polar surface area (TPSA) is 123 Å². The SMILES string of the molecule is CC(C)(COCCC(=O)N1CCN(c2ccc(C#N)cn2)CC1)NC1CNNC(=O)C1C(F)(F)F. The third-order valence-electron chi connectivity index (χ3n) is 5.90. The molecule has 2 amide bonds. The molecular formula is C22H30F3N7O3. The van der Waals surface area contributed by atoms with E-state index in [2.05, 4.69) is 15.7 Å². The molecule has 0 radical (unpaired) electrons. The minimum Gasteiger partial charge on any atom is -0.379 e. The minimum atomic E-state index is -4.67. The van der Waals surface area contributed by atoms with Crippen LogP contribution < -0.4 is 21.1 Å². The van der Waals surface area contributed by atoms with Crippen LogP contribution in [0.1, 0.15) is 25.8 Å². The van der Waals surface area contributed by atoms with Gasteiger partial charge in [0.15, 0.2) is 5.92 Å². The Morgan fingerprint density at radius 1 is 1.29 bits per heavy atom. The van der Waals surface area contributed by atoms with Crippen molar-refractivity contribution in [2.45, 2.75) is 38.0 Å². The fraction of sp³-hybridized carbons (Fsp3) is 0.636. The van der Waals surface area contributed by atoms with Crippen LogP contribution in [0, 0.1) is 17.2 Å². The molecule has 0 bridgehead atoms. The van der Waals surface area contributed by atoms with Crippen molar-refractivity contribution in [3.05, 3.63) is 23.9 Å². The molecule has 0 aliphatic carbocycles. The second-order valence-electron chi connectivity index (χ2n) is 9.21. The highest BCUT2D eigenvalue weighted by Crippen LogP contribution is 2.31. The van der Waals surface area contributed by atoms with E-state index in [0.29, 0.717) is 31.7 Å². The first-order valence-electron chi connectivity index (χ1n) is 11.3. The van der Waals surface area contributed by atoms with Crippen molar-refractivity contribution in [2.75, 3.05) is 50.8 Å². The lowest BCUT2D eigenvalue weighted by molar-refractivity contribution is -0.194. The van der Waals surface area contributed by atoms with E-state index in [1.165, 1.54) is 6.20 Å². The van der Waals surface area contributed by atoms with Crippen LogP contribution in [0.2, 0.25) is 0 Å². The maximum Gasteiger partial charge on any atom is 0.402 e. The summed E-state index contributed by atoms with van der Waals surface area (Å²) in [5.74, 6) is -2.59. The number of nitrogens with one attached hydrogen (secondary N) is 3. The molecule has 3 rings (SSSR count). The van der Waals surface area contributed by atoms with E-state index in [1.54, 1.807) is 30.9 Å². The maximum absolute atomic E-state index is 13.3. The van der Waals surface area contributed by atoms with Crippen LogP contribution in [0.15, 0.2) is 18.3 Å². The first kappa shape index (κ1) is 26.7. The summed E-state index contributed by atoms with van der Waals surface area (Å²) in [7, 11) is 0. The summed E-state index contributed by atoms with van der Waals surface area (Å²) >= 11 is 0. The van der Waals surface area contributed by atoms with Gasteiger partial charge in [-0.3, -0.25) is 15.0 Å². The lowest BCUT2D eigenvalue weighted by Crippen LogP contribution is -2.67. The molecule has 35 heavy (non-hydrogen) atoms. The number of ether oxygens (including phenoxy) is 1.